The van der Waals surface area contributed by atoms with Crippen LogP contribution in [0.4, 0.5) is 11.4 Å². The van der Waals surface area contributed by atoms with E-state index in [9.17, 15) is 13.2 Å². The molecule has 0 radical (unpaired) electrons. The highest BCUT2D eigenvalue weighted by Gasteiger charge is 2.17. The molecule has 0 saturated carbocycles. The van der Waals surface area contributed by atoms with Crippen LogP contribution >= 0.6 is 15.9 Å². The van der Waals surface area contributed by atoms with E-state index in [1.807, 2.05) is 6.07 Å². The Labute approximate surface area is 138 Å². The van der Waals surface area contributed by atoms with Crippen LogP contribution in [0, 0.1) is 0 Å². The second-order valence-electron chi connectivity index (χ2n) is 4.71. The Morgan fingerprint density at radius 3 is 2.45 bits per heavy atom. The van der Waals surface area contributed by atoms with Crippen LogP contribution in [0.1, 0.15) is 10.4 Å². The Hall–Kier alpha value is -1.86. The number of nitrogens with zero attached hydrogens (tertiary/aromatic N) is 1. The number of hydrogen-bond donors (Lipinski definition) is 1. The van der Waals surface area contributed by atoms with E-state index in [4.69, 9.17) is 0 Å². The van der Waals surface area contributed by atoms with E-state index < -0.39 is 10.0 Å². The predicted molar refractivity (Wildman–Crippen MR) is 91.8 cm³/mol. The molecular formula is C15H15BrN2O3S. The van der Waals surface area contributed by atoms with Crippen molar-refractivity contribution in [2.24, 2.45) is 0 Å². The van der Waals surface area contributed by atoms with Gasteiger partial charge in [0.15, 0.2) is 0 Å². The quantitative estimate of drug-likeness (QED) is 0.883. The fourth-order valence-electron chi connectivity index (χ4n) is 1.86. The number of benzene rings is 2. The summed E-state index contributed by atoms with van der Waals surface area (Å²) in [5.74, 6) is -0.310. The van der Waals surface area contributed by atoms with E-state index in [-0.39, 0.29) is 5.91 Å². The first kappa shape index (κ1) is 16.5. The second kappa shape index (κ2) is 6.50. The number of hydrogen-bond acceptors (Lipinski definition) is 3. The maximum Gasteiger partial charge on any atom is 0.255 e. The molecule has 2 aromatic carbocycles. The number of nitrogens with one attached hydrogen (secondary N) is 1. The monoisotopic (exact) mass is 382 g/mol. The molecule has 0 aromatic heterocycles. The summed E-state index contributed by atoms with van der Waals surface area (Å²) in [6.07, 6.45) is 1.11. The second-order valence-corrected chi connectivity index (χ2v) is 7.64. The van der Waals surface area contributed by atoms with Crippen LogP contribution in [0.2, 0.25) is 0 Å². The van der Waals surface area contributed by atoms with E-state index in [1.165, 1.54) is 7.05 Å². The summed E-state index contributed by atoms with van der Waals surface area (Å²) in [7, 11) is -1.97. The summed E-state index contributed by atoms with van der Waals surface area (Å²) in [6.45, 7) is 0. The molecule has 0 saturated heterocycles. The Bertz CT molecular complexity index is 806. The average molecular weight is 383 g/mol. The Balaban J connectivity index is 2.33. The molecule has 2 aromatic rings. The molecule has 0 heterocycles. The molecule has 0 unspecified atom stereocenters. The third-order valence-corrected chi connectivity index (χ3v) is 4.76. The van der Waals surface area contributed by atoms with Crippen molar-refractivity contribution in [1.82, 2.24) is 0 Å². The first-order valence-electron chi connectivity index (χ1n) is 6.39. The first-order chi connectivity index (χ1) is 10.3. The summed E-state index contributed by atoms with van der Waals surface area (Å²) >= 11 is 3.31. The van der Waals surface area contributed by atoms with Crippen molar-refractivity contribution in [3.05, 3.63) is 58.6 Å². The zero-order valence-corrected chi connectivity index (χ0v) is 14.5. The van der Waals surface area contributed by atoms with Gasteiger partial charge in [-0.1, -0.05) is 34.1 Å². The van der Waals surface area contributed by atoms with Gasteiger partial charge < -0.3 is 5.32 Å². The van der Waals surface area contributed by atoms with Crippen LogP contribution in [0.25, 0.3) is 0 Å². The van der Waals surface area contributed by atoms with Gasteiger partial charge >= 0.3 is 0 Å². The highest BCUT2D eigenvalue weighted by Crippen LogP contribution is 2.27. The van der Waals surface area contributed by atoms with Crippen LogP contribution < -0.4 is 9.62 Å². The van der Waals surface area contributed by atoms with Gasteiger partial charge in [-0.05, 0) is 30.3 Å². The van der Waals surface area contributed by atoms with Gasteiger partial charge in [0, 0.05) is 17.1 Å². The molecular weight excluding hydrogens is 368 g/mol. The fourth-order valence-corrected chi connectivity index (χ4v) is 2.77. The van der Waals surface area contributed by atoms with Gasteiger partial charge in [-0.25, -0.2) is 8.42 Å². The SMILES string of the molecule is CN(c1ccccc1NC(=O)c1cccc(Br)c1)S(C)(=O)=O. The van der Waals surface area contributed by atoms with Crippen LogP contribution in [0.15, 0.2) is 53.0 Å². The van der Waals surface area contributed by atoms with Crippen molar-refractivity contribution in [3.63, 3.8) is 0 Å². The van der Waals surface area contributed by atoms with Crippen molar-refractivity contribution in [2.75, 3.05) is 22.9 Å². The summed E-state index contributed by atoms with van der Waals surface area (Å²) in [5.41, 5.74) is 1.32. The van der Waals surface area contributed by atoms with Gasteiger partial charge in [0.05, 0.1) is 17.6 Å². The van der Waals surface area contributed by atoms with Gasteiger partial charge in [0.25, 0.3) is 5.91 Å². The third kappa shape index (κ3) is 3.86. The molecule has 0 bridgehead atoms. The standard InChI is InChI=1S/C15H15BrN2O3S/c1-18(22(2,20)21)14-9-4-3-8-13(14)17-15(19)11-6-5-7-12(16)10-11/h3-10H,1-2H3,(H,17,19). The molecule has 0 aliphatic carbocycles. The molecule has 1 N–H and O–H groups in total. The maximum absolute atomic E-state index is 12.3. The molecule has 7 heteroatoms. The third-order valence-electron chi connectivity index (χ3n) is 3.08. The van der Waals surface area contributed by atoms with Crippen molar-refractivity contribution >= 4 is 43.2 Å². The fraction of sp³-hybridized carbons (Fsp3) is 0.133. The molecule has 0 aliphatic rings. The Kier molecular flexibility index (Phi) is 4.87. The topological polar surface area (TPSA) is 66.5 Å². The number of sulfonamides is 1. The summed E-state index contributed by atoms with van der Waals surface area (Å²) in [5, 5.41) is 2.74. The zero-order chi connectivity index (χ0) is 16.3. The summed E-state index contributed by atoms with van der Waals surface area (Å²) in [4.78, 5) is 12.3. The molecule has 5 nitrogen and oxygen atoms in total. The lowest BCUT2D eigenvalue weighted by molar-refractivity contribution is 0.102. The van der Waals surface area contributed by atoms with E-state index in [0.29, 0.717) is 16.9 Å². The predicted octanol–water partition coefficient (Wildman–Crippen LogP) is 3.10. The summed E-state index contributed by atoms with van der Waals surface area (Å²) in [6, 6.07) is 13.7. The molecule has 1 amide bonds. The number of carbonyl (C=O) groups excluding carboxylic acids is 1. The zero-order valence-electron chi connectivity index (χ0n) is 12.1. The summed E-state index contributed by atoms with van der Waals surface area (Å²) < 4.78 is 25.3. The van der Waals surface area contributed by atoms with E-state index >= 15 is 0 Å². The van der Waals surface area contributed by atoms with Crippen LogP contribution in [-0.2, 0) is 10.0 Å². The highest BCUT2D eigenvalue weighted by atomic mass is 79.9. The number of para-hydroxylation sites is 2. The molecule has 0 spiro atoms. The van der Waals surface area contributed by atoms with Crippen molar-refractivity contribution in [2.45, 2.75) is 0 Å². The Morgan fingerprint density at radius 1 is 1.14 bits per heavy atom. The molecule has 116 valence electrons. The lowest BCUT2D eigenvalue weighted by Gasteiger charge is -2.20. The van der Waals surface area contributed by atoms with Gasteiger partial charge in [-0.15, -0.1) is 0 Å². The smallest absolute Gasteiger partial charge is 0.255 e. The maximum atomic E-state index is 12.3. The molecule has 2 rings (SSSR count). The van der Waals surface area contributed by atoms with Crippen molar-refractivity contribution < 1.29 is 13.2 Å². The number of rotatable bonds is 4. The molecule has 0 atom stereocenters. The van der Waals surface area contributed by atoms with Crippen molar-refractivity contribution in [3.8, 4) is 0 Å². The Morgan fingerprint density at radius 2 is 1.82 bits per heavy atom. The van der Waals surface area contributed by atoms with E-state index in [2.05, 4.69) is 21.2 Å². The van der Waals surface area contributed by atoms with Crippen LogP contribution in [0.5, 0.6) is 0 Å². The largest absolute Gasteiger partial charge is 0.320 e. The van der Waals surface area contributed by atoms with E-state index in [1.54, 1.807) is 42.5 Å². The van der Waals surface area contributed by atoms with Crippen molar-refractivity contribution in [1.29, 1.82) is 0 Å². The lowest BCUT2D eigenvalue weighted by atomic mass is 10.2. The van der Waals surface area contributed by atoms with Crippen LogP contribution in [0.3, 0.4) is 0 Å². The minimum Gasteiger partial charge on any atom is -0.320 e. The minimum absolute atomic E-state index is 0.310. The highest BCUT2D eigenvalue weighted by molar-refractivity contribution is 9.10. The normalized spacial score (nSPS) is 11.0. The first-order valence-corrected chi connectivity index (χ1v) is 9.03. The molecule has 22 heavy (non-hydrogen) atoms. The van der Waals surface area contributed by atoms with Gasteiger partial charge in [-0.3, -0.25) is 9.10 Å². The molecule has 0 fully saturated rings. The van der Waals surface area contributed by atoms with E-state index in [0.717, 1.165) is 15.0 Å². The number of halogens is 1. The number of amides is 1. The number of anilines is 2. The minimum atomic E-state index is -3.41. The average Bonchev–Trinajstić information content (AvgIpc) is 2.46. The lowest BCUT2D eigenvalue weighted by Crippen LogP contribution is -2.26. The van der Waals surface area contributed by atoms with Crippen LogP contribution in [-0.4, -0.2) is 27.6 Å². The van der Waals surface area contributed by atoms with Gasteiger partial charge in [-0.2, -0.15) is 0 Å². The van der Waals surface area contributed by atoms with Gasteiger partial charge in [0.1, 0.15) is 0 Å². The van der Waals surface area contributed by atoms with Gasteiger partial charge in [0.2, 0.25) is 10.0 Å². The number of carbonyl (C=O) groups is 1. The molecule has 0 aliphatic heterocycles.